The lowest BCUT2D eigenvalue weighted by atomic mass is 10.1. The molecule has 0 aliphatic rings. The normalized spacial score (nSPS) is 11.7. The van der Waals surface area contributed by atoms with E-state index in [4.69, 9.17) is 0 Å². The summed E-state index contributed by atoms with van der Waals surface area (Å²) in [5.74, 6) is 0.0624. The van der Waals surface area contributed by atoms with Crippen molar-refractivity contribution in [2.75, 3.05) is 11.9 Å². The van der Waals surface area contributed by atoms with Crippen LogP contribution in [0.3, 0.4) is 0 Å². The Hall–Kier alpha value is -2.29. The lowest BCUT2D eigenvalue weighted by molar-refractivity contribution is -0.121. The van der Waals surface area contributed by atoms with Crippen LogP contribution in [0.5, 0.6) is 0 Å². The Morgan fingerprint density at radius 3 is 2.43 bits per heavy atom. The van der Waals surface area contributed by atoms with Crippen molar-refractivity contribution in [1.29, 1.82) is 0 Å². The van der Waals surface area contributed by atoms with Gasteiger partial charge in [0.05, 0.1) is 6.04 Å². The van der Waals surface area contributed by atoms with E-state index in [1.165, 1.54) is 5.56 Å². The Morgan fingerprint density at radius 2 is 1.71 bits per heavy atom. The fourth-order valence-electron chi connectivity index (χ4n) is 2.22. The minimum Gasteiger partial charge on any atom is -0.384 e. The molecule has 0 aliphatic heterocycles. The summed E-state index contributed by atoms with van der Waals surface area (Å²) >= 11 is 0. The molecule has 0 saturated heterocycles. The number of rotatable bonds is 6. The Balaban J connectivity index is 1.76. The molecule has 0 bridgehead atoms. The molecule has 0 spiro atoms. The van der Waals surface area contributed by atoms with Gasteiger partial charge in [0.1, 0.15) is 0 Å². The van der Waals surface area contributed by atoms with Crippen LogP contribution in [0, 0.1) is 6.92 Å². The molecule has 0 aliphatic carbocycles. The average Bonchev–Trinajstić information content (AvgIpc) is 2.50. The molecule has 1 atom stereocenters. The number of aryl methyl sites for hydroxylation is 1. The van der Waals surface area contributed by atoms with Crippen LogP contribution in [0.4, 0.5) is 5.69 Å². The monoisotopic (exact) mass is 282 g/mol. The van der Waals surface area contributed by atoms with E-state index in [1.807, 2.05) is 55.5 Å². The van der Waals surface area contributed by atoms with Crippen molar-refractivity contribution in [3.8, 4) is 0 Å². The van der Waals surface area contributed by atoms with E-state index in [1.54, 1.807) is 0 Å². The van der Waals surface area contributed by atoms with E-state index in [2.05, 4.69) is 23.6 Å². The molecule has 1 amide bonds. The highest BCUT2D eigenvalue weighted by Gasteiger charge is 2.08. The predicted octanol–water partition coefficient (Wildman–Crippen LogP) is 3.67. The summed E-state index contributed by atoms with van der Waals surface area (Å²) in [4.78, 5) is 12.0. The van der Waals surface area contributed by atoms with E-state index < -0.39 is 0 Å². The maximum atomic E-state index is 12.0. The van der Waals surface area contributed by atoms with Crippen LogP contribution in [0.25, 0.3) is 0 Å². The molecule has 0 heterocycles. The first-order chi connectivity index (χ1) is 10.2. The number of amides is 1. The van der Waals surface area contributed by atoms with Crippen LogP contribution in [-0.4, -0.2) is 12.5 Å². The van der Waals surface area contributed by atoms with E-state index in [0.29, 0.717) is 13.0 Å². The molecule has 2 aromatic rings. The smallest absolute Gasteiger partial charge is 0.222 e. The largest absolute Gasteiger partial charge is 0.384 e. The first-order valence-electron chi connectivity index (χ1n) is 7.30. The van der Waals surface area contributed by atoms with Crippen molar-refractivity contribution in [2.45, 2.75) is 26.3 Å². The molecule has 1 unspecified atom stereocenters. The standard InChI is InChI=1S/C18H22N2O/c1-14-8-6-7-11-17(14)19-13-12-18(21)20-15(2)16-9-4-3-5-10-16/h3-11,15,19H,12-13H2,1-2H3,(H,20,21). The van der Waals surface area contributed by atoms with Crippen LogP contribution < -0.4 is 10.6 Å². The highest BCUT2D eigenvalue weighted by molar-refractivity contribution is 5.77. The molecule has 21 heavy (non-hydrogen) atoms. The van der Waals surface area contributed by atoms with Gasteiger partial charge in [-0.15, -0.1) is 0 Å². The van der Waals surface area contributed by atoms with E-state index in [9.17, 15) is 4.79 Å². The van der Waals surface area contributed by atoms with Gasteiger partial charge < -0.3 is 10.6 Å². The van der Waals surface area contributed by atoms with Crippen LogP contribution in [0.15, 0.2) is 54.6 Å². The van der Waals surface area contributed by atoms with Gasteiger partial charge in [-0.25, -0.2) is 0 Å². The van der Waals surface area contributed by atoms with Gasteiger partial charge in [0.2, 0.25) is 5.91 Å². The second-order valence-electron chi connectivity index (χ2n) is 5.19. The molecule has 0 aromatic heterocycles. The summed E-state index contributed by atoms with van der Waals surface area (Å²) in [6.07, 6.45) is 0.464. The maximum Gasteiger partial charge on any atom is 0.222 e. The Bertz CT molecular complexity index is 581. The fraction of sp³-hybridized carbons (Fsp3) is 0.278. The van der Waals surface area contributed by atoms with Crippen molar-refractivity contribution in [1.82, 2.24) is 5.32 Å². The van der Waals surface area contributed by atoms with E-state index in [-0.39, 0.29) is 11.9 Å². The van der Waals surface area contributed by atoms with E-state index >= 15 is 0 Å². The van der Waals surface area contributed by atoms with Gasteiger partial charge >= 0.3 is 0 Å². The summed E-state index contributed by atoms with van der Waals surface area (Å²) in [5, 5.41) is 6.31. The zero-order valence-electron chi connectivity index (χ0n) is 12.6. The van der Waals surface area contributed by atoms with Crippen LogP contribution in [0.2, 0.25) is 0 Å². The maximum absolute atomic E-state index is 12.0. The number of hydrogen-bond donors (Lipinski definition) is 2. The highest BCUT2D eigenvalue weighted by atomic mass is 16.1. The summed E-state index contributed by atoms with van der Waals surface area (Å²) in [6.45, 7) is 4.69. The zero-order chi connectivity index (χ0) is 15.1. The topological polar surface area (TPSA) is 41.1 Å². The molecule has 2 N–H and O–H groups in total. The Morgan fingerprint density at radius 1 is 1.05 bits per heavy atom. The van der Waals surface area contributed by atoms with Gasteiger partial charge in [-0.2, -0.15) is 0 Å². The summed E-state index contributed by atoms with van der Waals surface area (Å²) in [5.41, 5.74) is 3.40. The second kappa shape index (κ2) is 7.48. The number of carbonyl (C=O) groups excluding carboxylic acids is 1. The molecular formula is C18H22N2O. The van der Waals surface area contributed by atoms with Crippen LogP contribution in [-0.2, 0) is 4.79 Å². The van der Waals surface area contributed by atoms with Crippen LogP contribution in [0.1, 0.15) is 30.5 Å². The fourth-order valence-corrected chi connectivity index (χ4v) is 2.22. The highest BCUT2D eigenvalue weighted by Crippen LogP contribution is 2.13. The van der Waals surface area contributed by atoms with Gasteiger partial charge in [0, 0.05) is 18.7 Å². The summed E-state index contributed by atoms with van der Waals surface area (Å²) < 4.78 is 0. The third-order valence-electron chi connectivity index (χ3n) is 3.49. The van der Waals surface area contributed by atoms with Gasteiger partial charge in [0.25, 0.3) is 0 Å². The molecule has 0 saturated carbocycles. The number of nitrogens with one attached hydrogen (secondary N) is 2. The molecule has 0 fully saturated rings. The lowest BCUT2D eigenvalue weighted by Gasteiger charge is -2.15. The average molecular weight is 282 g/mol. The van der Waals surface area contributed by atoms with E-state index in [0.717, 1.165) is 11.3 Å². The summed E-state index contributed by atoms with van der Waals surface area (Å²) in [7, 11) is 0. The summed E-state index contributed by atoms with van der Waals surface area (Å²) in [6, 6.07) is 18.1. The minimum absolute atomic E-state index is 0.0390. The van der Waals surface area contributed by atoms with Gasteiger partial charge in [-0.05, 0) is 31.0 Å². The van der Waals surface area contributed by atoms with Crippen molar-refractivity contribution >= 4 is 11.6 Å². The lowest BCUT2D eigenvalue weighted by Crippen LogP contribution is -2.28. The molecule has 2 aromatic carbocycles. The first-order valence-corrected chi connectivity index (χ1v) is 7.30. The predicted molar refractivity (Wildman–Crippen MR) is 87.3 cm³/mol. The second-order valence-corrected chi connectivity index (χ2v) is 5.19. The molecule has 3 nitrogen and oxygen atoms in total. The SMILES string of the molecule is Cc1ccccc1NCCC(=O)NC(C)c1ccccc1. The van der Waals surface area contributed by atoms with Crippen molar-refractivity contribution in [3.63, 3.8) is 0 Å². The third kappa shape index (κ3) is 4.63. The zero-order valence-corrected chi connectivity index (χ0v) is 12.6. The quantitative estimate of drug-likeness (QED) is 0.848. The van der Waals surface area contributed by atoms with Crippen molar-refractivity contribution < 1.29 is 4.79 Å². The Kier molecular flexibility index (Phi) is 5.38. The third-order valence-corrected chi connectivity index (χ3v) is 3.49. The number of anilines is 1. The molecule has 2 rings (SSSR count). The number of benzene rings is 2. The number of hydrogen-bond acceptors (Lipinski definition) is 2. The van der Waals surface area contributed by atoms with Gasteiger partial charge in [0.15, 0.2) is 0 Å². The van der Waals surface area contributed by atoms with Crippen LogP contribution >= 0.6 is 0 Å². The number of para-hydroxylation sites is 1. The van der Waals surface area contributed by atoms with Crippen molar-refractivity contribution in [2.24, 2.45) is 0 Å². The molecular weight excluding hydrogens is 260 g/mol. The first kappa shape index (κ1) is 15.1. The van der Waals surface area contributed by atoms with Crippen molar-refractivity contribution in [3.05, 3.63) is 65.7 Å². The molecule has 3 heteroatoms. The van der Waals surface area contributed by atoms with Gasteiger partial charge in [-0.1, -0.05) is 48.5 Å². The molecule has 0 radical (unpaired) electrons. The Labute approximate surface area is 126 Å². The molecule has 110 valence electrons. The minimum atomic E-state index is 0.0390. The number of carbonyl (C=O) groups is 1. The van der Waals surface area contributed by atoms with Gasteiger partial charge in [-0.3, -0.25) is 4.79 Å².